The lowest BCUT2D eigenvalue weighted by Crippen LogP contribution is -2.43. The monoisotopic (exact) mass is 189 g/mol. The van der Waals surface area contributed by atoms with Crippen LogP contribution in [0.25, 0.3) is 0 Å². The van der Waals surface area contributed by atoms with Crippen LogP contribution in [0.5, 0.6) is 0 Å². The molecule has 1 heteroatoms. The van der Waals surface area contributed by atoms with Gasteiger partial charge >= 0.3 is 0 Å². The second kappa shape index (κ2) is 3.09. The van der Waals surface area contributed by atoms with Crippen molar-refractivity contribution in [1.29, 1.82) is 0 Å². The Bertz CT molecular complexity index is 304. The predicted molar refractivity (Wildman–Crippen MR) is 60.1 cm³/mol. The highest BCUT2D eigenvalue weighted by Crippen LogP contribution is 2.55. The summed E-state index contributed by atoms with van der Waals surface area (Å²) in [7, 11) is 0. The molecule has 2 N–H and O–H groups in total. The van der Waals surface area contributed by atoms with Crippen LogP contribution >= 0.6 is 0 Å². The third-order valence-corrected chi connectivity index (χ3v) is 3.61. The van der Waals surface area contributed by atoms with Gasteiger partial charge in [-0.05, 0) is 44.1 Å². The first-order chi connectivity index (χ1) is 6.54. The zero-order valence-electron chi connectivity index (χ0n) is 9.09. The van der Waals surface area contributed by atoms with Gasteiger partial charge in [0.25, 0.3) is 0 Å². The maximum Gasteiger partial charge on any atom is 0.0157 e. The molecule has 0 aromatic heterocycles. The lowest BCUT2D eigenvalue weighted by atomic mass is 9.80. The molecule has 0 unspecified atom stereocenters. The Balaban J connectivity index is 2.13. The highest BCUT2D eigenvalue weighted by Gasteiger charge is 2.51. The molecule has 1 aliphatic rings. The molecule has 2 rings (SSSR count). The van der Waals surface area contributed by atoms with Crippen molar-refractivity contribution in [1.82, 2.24) is 0 Å². The fourth-order valence-corrected chi connectivity index (χ4v) is 2.19. The fourth-order valence-electron chi connectivity index (χ4n) is 2.19. The average Bonchev–Trinajstić information content (AvgIpc) is 2.86. The second-order valence-electron chi connectivity index (χ2n) is 5.16. The Morgan fingerprint density at radius 2 is 1.79 bits per heavy atom. The van der Waals surface area contributed by atoms with Gasteiger partial charge < -0.3 is 5.73 Å². The first-order valence-electron chi connectivity index (χ1n) is 5.36. The van der Waals surface area contributed by atoms with Gasteiger partial charge in [-0.15, -0.1) is 0 Å². The summed E-state index contributed by atoms with van der Waals surface area (Å²) in [6.45, 7) is 4.31. The molecule has 0 spiro atoms. The molecule has 1 fully saturated rings. The molecule has 0 aliphatic heterocycles. The topological polar surface area (TPSA) is 26.0 Å². The highest BCUT2D eigenvalue weighted by molar-refractivity contribution is 5.21. The minimum atomic E-state index is -0.0388. The number of benzene rings is 1. The second-order valence-corrected chi connectivity index (χ2v) is 5.16. The number of rotatable bonds is 3. The molecule has 1 aliphatic carbocycles. The Morgan fingerprint density at radius 3 is 2.21 bits per heavy atom. The van der Waals surface area contributed by atoms with E-state index in [-0.39, 0.29) is 5.54 Å². The summed E-state index contributed by atoms with van der Waals surface area (Å²) in [6, 6.07) is 10.7. The van der Waals surface area contributed by atoms with Crippen LogP contribution in [0.3, 0.4) is 0 Å². The van der Waals surface area contributed by atoms with E-state index in [0.717, 1.165) is 6.42 Å². The van der Waals surface area contributed by atoms with Crippen molar-refractivity contribution in [2.24, 2.45) is 11.1 Å². The minimum Gasteiger partial charge on any atom is -0.325 e. The molecule has 0 atom stereocenters. The van der Waals surface area contributed by atoms with Gasteiger partial charge in [-0.2, -0.15) is 0 Å². The quantitative estimate of drug-likeness (QED) is 0.777. The number of hydrogen-bond donors (Lipinski definition) is 1. The van der Waals surface area contributed by atoms with E-state index < -0.39 is 0 Å². The summed E-state index contributed by atoms with van der Waals surface area (Å²) < 4.78 is 0. The van der Waals surface area contributed by atoms with Crippen LogP contribution in [-0.2, 0) is 6.42 Å². The van der Waals surface area contributed by atoms with E-state index in [4.69, 9.17) is 5.73 Å². The van der Waals surface area contributed by atoms with Gasteiger partial charge in [0, 0.05) is 5.54 Å². The smallest absolute Gasteiger partial charge is 0.0157 e. The van der Waals surface area contributed by atoms with Crippen LogP contribution in [0.2, 0.25) is 0 Å². The van der Waals surface area contributed by atoms with Gasteiger partial charge in [0.1, 0.15) is 0 Å². The molecule has 1 nitrogen and oxygen atoms in total. The fraction of sp³-hybridized carbons (Fsp3) is 0.538. The molecular formula is C13H19N. The van der Waals surface area contributed by atoms with E-state index in [1.807, 2.05) is 0 Å². The molecule has 1 aromatic rings. The van der Waals surface area contributed by atoms with Crippen LogP contribution in [0, 0.1) is 5.41 Å². The lowest BCUT2D eigenvalue weighted by Gasteiger charge is -2.30. The van der Waals surface area contributed by atoms with Crippen LogP contribution in [0.4, 0.5) is 0 Å². The van der Waals surface area contributed by atoms with E-state index in [2.05, 4.69) is 44.2 Å². The van der Waals surface area contributed by atoms with E-state index in [1.165, 1.54) is 18.4 Å². The third-order valence-electron chi connectivity index (χ3n) is 3.61. The zero-order chi connectivity index (χ0) is 10.2. The lowest BCUT2D eigenvalue weighted by molar-refractivity contribution is 0.293. The zero-order valence-corrected chi connectivity index (χ0v) is 9.09. The van der Waals surface area contributed by atoms with Crippen LogP contribution in [0.15, 0.2) is 30.3 Å². The van der Waals surface area contributed by atoms with Gasteiger partial charge in [-0.1, -0.05) is 30.3 Å². The maximum atomic E-state index is 6.22. The molecule has 14 heavy (non-hydrogen) atoms. The van der Waals surface area contributed by atoms with Crippen molar-refractivity contribution >= 4 is 0 Å². The van der Waals surface area contributed by atoms with E-state index in [1.54, 1.807) is 0 Å². The first-order valence-corrected chi connectivity index (χ1v) is 5.36. The molecule has 0 bridgehead atoms. The molecule has 0 radical (unpaired) electrons. The van der Waals surface area contributed by atoms with Crippen molar-refractivity contribution in [3.63, 3.8) is 0 Å². The largest absolute Gasteiger partial charge is 0.325 e. The average molecular weight is 189 g/mol. The van der Waals surface area contributed by atoms with Crippen molar-refractivity contribution in [3.8, 4) is 0 Å². The summed E-state index contributed by atoms with van der Waals surface area (Å²) >= 11 is 0. The van der Waals surface area contributed by atoms with Crippen LogP contribution < -0.4 is 5.73 Å². The predicted octanol–water partition coefficient (Wildman–Crippen LogP) is 2.75. The first kappa shape index (κ1) is 9.72. The standard InChI is InChI=1S/C13H19N/c1-12(2,14)13(8-9-13)10-11-6-4-3-5-7-11/h3-7H,8-10,14H2,1-2H3. The Morgan fingerprint density at radius 1 is 1.21 bits per heavy atom. The minimum absolute atomic E-state index is 0.0388. The molecule has 0 heterocycles. The highest BCUT2D eigenvalue weighted by atomic mass is 14.8. The Kier molecular flexibility index (Phi) is 2.15. The van der Waals surface area contributed by atoms with Crippen molar-refractivity contribution in [2.45, 2.75) is 38.6 Å². The van der Waals surface area contributed by atoms with E-state index >= 15 is 0 Å². The molecule has 0 saturated heterocycles. The summed E-state index contributed by atoms with van der Waals surface area (Å²) in [5.74, 6) is 0. The SMILES string of the molecule is CC(C)(N)C1(Cc2ccccc2)CC1. The van der Waals surface area contributed by atoms with Gasteiger partial charge in [0.15, 0.2) is 0 Å². The van der Waals surface area contributed by atoms with E-state index in [9.17, 15) is 0 Å². The Labute approximate surface area is 86.3 Å². The third kappa shape index (κ3) is 1.69. The van der Waals surface area contributed by atoms with Crippen LogP contribution in [0.1, 0.15) is 32.3 Å². The molecule has 1 saturated carbocycles. The molecular weight excluding hydrogens is 170 g/mol. The summed E-state index contributed by atoms with van der Waals surface area (Å²) in [6.07, 6.45) is 3.70. The summed E-state index contributed by atoms with van der Waals surface area (Å²) in [5.41, 5.74) is 7.97. The molecule has 0 amide bonds. The summed E-state index contributed by atoms with van der Waals surface area (Å²) in [4.78, 5) is 0. The maximum absolute atomic E-state index is 6.22. The number of hydrogen-bond acceptors (Lipinski definition) is 1. The van der Waals surface area contributed by atoms with Crippen LogP contribution in [-0.4, -0.2) is 5.54 Å². The Hall–Kier alpha value is -0.820. The summed E-state index contributed by atoms with van der Waals surface area (Å²) in [5, 5.41) is 0. The van der Waals surface area contributed by atoms with Gasteiger partial charge in [0.2, 0.25) is 0 Å². The molecule has 76 valence electrons. The number of nitrogens with two attached hydrogens (primary N) is 1. The van der Waals surface area contributed by atoms with E-state index in [0.29, 0.717) is 5.41 Å². The van der Waals surface area contributed by atoms with Crippen molar-refractivity contribution in [3.05, 3.63) is 35.9 Å². The van der Waals surface area contributed by atoms with Gasteiger partial charge in [-0.3, -0.25) is 0 Å². The normalized spacial score (nSPS) is 19.4. The molecule has 1 aromatic carbocycles. The van der Waals surface area contributed by atoms with Gasteiger partial charge in [-0.25, -0.2) is 0 Å². The van der Waals surface area contributed by atoms with Gasteiger partial charge in [0.05, 0.1) is 0 Å². The van der Waals surface area contributed by atoms with Crippen molar-refractivity contribution < 1.29 is 0 Å². The van der Waals surface area contributed by atoms with Crippen molar-refractivity contribution in [2.75, 3.05) is 0 Å².